The highest BCUT2D eigenvalue weighted by Gasteiger charge is 2.30. The maximum absolute atomic E-state index is 12.1. The van der Waals surface area contributed by atoms with Crippen molar-refractivity contribution in [3.05, 3.63) is 27.7 Å². The summed E-state index contributed by atoms with van der Waals surface area (Å²) in [5.74, 6) is -0.883. The lowest BCUT2D eigenvalue weighted by Crippen LogP contribution is -2.52. The number of hydrogen-bond acceptors (Lipinski definition) is 5. The third kappa shape index (κ3) is 2.91. The zero-order valence-electron chi connectivity index (χ0n) is 11.1. The molecule has 1 heterocycles. The summed E-state index contributed by atoms with van der Waals surface area (Å²) in [6, 6.07) is 2.94. The van der Waals surface area contributed by atoms with Crippen LogP contribution in [0.15, 0.2) is 22.2 Å². The fourth-order valence-corrected chi connectivity index (χ4v) is 2.36. The molecule has 1 fully saturated rings. The van der Waals surface area contributed by atoms with Crippen molar-refractivity contribution in [1.29, 1.82) is 0 Å². The zero-order chi connectivity index (χ0) is 15.7. The number of carbonyl (C=O) groups is 2. The standard InChI is InChI=1S/C13H11BrN2O4S/c1-16-12(19)7(11(18)15-13(16)21)3-6-4-10(20-2)9(17)5-8(6)14/h3-5,17H,1-2H3,(H,15,18,21)/b7-3+. The Balaban J connectivity index is 2.50. The highest BCUT2D eigenvalue weighted by atomic mass is 79.9. The van der Waals surface area contributed by atoms with Crippen molar-refractivity contribution in [1.82, 2.24) is 10.2 Å². The van der Waals surface area contributed by atoms with Gasteiger partial charge in [-0.25, -0.2) is 0 Å². The summed E-state index contributed by atoms with van der Waals surface area (Å²) in [7, 11) is 2.88. The van der Waals surface area contributed by atoms with Crippen molar-refractivity contribution in [2.45, 2.75) is 0 Å². The maximum atomic E-state index is 12.1. The van der Waals surface area contributed by atoms with Gasteiger partial charge in [-0.1, -0.05) is 15.9 Å². The lowest BCUT2D eigenvalue weighted by molar-refractivity contribution is -0.128. The number of halogens is 1. The molecule has 2 N–H and O–H groups in total. The molecule has 2 rings (SSSR count). The maximum Gasteiger partial charge on any atom is 0.265 e. The van der Waals surface area contributed by atoms with E-state index < -0.39 is 11.8 Å². The van der Waals surface area contributed by atoms with E-state index in [1.54, 1.807) is 0 Å². The van der Waals surface area contributed by atoms with Gasteiger partial charge in [0.25, 0.3) is 11.8 Å². The van der Waals surface area contributed by atoms with E-state index in [-0.39, 0.29) is 22.2 Å². The number of benzene rings is 1. The van der Waals surface area contributed by atoms with Crippen molar-refractivity contribution in [2.24, 2.45) is 0 Å². The molecule has 0 unspecified atom stereocenters. The van der Waals surface area contributed by atoms with Crippen LogP contribution < -0.4 is 10.1 Å². The molecular weight excluding hydrogens is 360 g/mol. The summed E-state index contributed by atoms with van der Waals surface area (Å²) < 4.78 is 5.52. The summed E-state index contributed by atoms with van der Waals surface area (Å²) in [5.41, 5.74) is 0.462. The summed E-state index contributed by atoms with van der Waals surface area (Å²) >= 11 is 8.13. The first kappa shape index (κ1) is 15.5. The molecule has 1 saturated heterocycles. The topological polar surface area (TPSA) is 78.9 Å². The molecule has 6 nitrogen and oxygen atoms in total. The van der Waals surface area contributed by atoms with Gasteiger partial charge in [0.15, 0.2) is 16.6 Å². The van der Waals surface area contributed by atoms with E-state index in [0.717, 1.165) is 0 Å². The SMILES string of the molecule is COc1cc(/C=C2\C(=O)NC(=S)N(C)C2=O)c(Br)cc1O. The van der Waals surface area contributed by atoms with Gasteiger partial charge in [-0.15, -0.1) is 0 Å². The largest absolute Gasteiger partial charge is 0.504 e. The smallest absolute Gasteiger partial charge is 0.265 e. The Morgan fingerprint density at radius 3 is 2.71 bits per heavy atom. The van der Waals surface area contributed by atoms with Crippen LogP contribution in [0.1, 0.15) is 5.56 Å². The minimum Gasteiger partial charge on any atom is -0.504 e. The number of phenols is 1. The predicted molar refractivity (Wildman–Crippen MR) is 83.8 cm³/mol. The van der Waals surface area contributed by atoms with Gasteiger partial charge in [0.1, 0.15) is 5.57 Å². The molecule has 8 heteroatoms. The molecule has 0 radical (unpaired) electrons. The summed E-state index contributed by atoms with van der Waals surface area (Å²) in [5, 5.41) is 12.1. The van der Waals surface area contributed by atoms with Gasteiger partial charge in [-0.3, -0.25) is 19.8 Å². The van der Waals surface area contributed by atoms with Crippen LogP contribution in [0.3, 0.4) is 0 Å². The molecule has 1 aliphatic rings. The Kier molecular flexibility index (Phi) is 4.29. The van der Waals surface area contributed by atoms with E-state index in [0.29, 0.717) is 10.0 Å². The molecule has 0 bridgehead atoms. The Bertz CT molecular complexity index is 687. The van der Waals surface area contributed by atoms with E-state index >= 15 is 0 Å². The number of amides is 2. The minimum atomic E-state index is -0.568. The Morgan fingerprint density at radius 1 is 1.43 bits per heavy atom. The van der Waals surface area contributed by atoms with Crippen molar-refractivity contribution in [2.75, 3.05) is 14.2 Å². The van der Waals surface area contributed by atoms with Gasteiger partial charge in [0.2, 0.25) is 0 Å². The average molecular weight is 371 g/mol. The van der Waals surface area contributed by atoms with Crippen molar-refractivity contribution >= 4 is 51.2 Å². The third-order valence-corrected chi connectivity index (χ3v) is 3.97. The van der Waals surface area contributed by atoms with Crippen LogP contribution in [-0.2, 0) is 9.59 Å². The number of nitrogens with one attached hydrogen (secondary N) is 1. The van der Waals surface area contributed by atoms with Crippen LogP contribution in [0.2, 0.25) is 0 Å². The second kappa shape index (κ2) is 5.82. The molecule has 1 aromatic rings. The van der Waals surface area contributed by atoms with Gasteiger partial charge in [-0.05, 0) is 36.0 Å². The summed E-state index contributed by atoms with van der Waals surface area (Å²) in [4.78, 5) is 25.2. The molecule has 1 aliphatic heterocycles. The number of thiocarbonyl (C=S) groups is 1. The highest BCUT2D eigenvalue weighted by Crippen LogP contribution is 2.33. The number of aromatic hydroxyl groups is 1. The number of nitrogens with zero attached hydrogens (tertiary/aromatic N) is 1. The zero-order valence-corrected chi connectivity index (χ0v) is 13.5. The molecule has 0 aromatic heterocycles. The molecular formula is C13H11BrN2O4S. The molecule has 0 atom stereocenters. The quantitative estimate of drug-likeness (QED) is 0.467. The molecule has 110 valence electrons. The van der Waals surface area contributed by atoms with Gasteiger partial charge >= 0.3 is 0 Å². The molecule has 0 spiro atoms. The van der Waals surface area contributed by atoms with Crippen molar-refractivity contribution in [3.8, 4) is 11.5 Å². The van der Waals surface area contributed by atoms with E-state index in [4.69, 9.17) is 17.0 Å². The number of ether oxygens (including phenoxy) is 1. The molecule has 2 amide bonds. The van der Waals surface area contributed by atoms with Crippen LogP contribution in [0.5, 0.6) is 11.5 Å². The summed E-state index contributed by atoms with van der Waals surface area (Å²) in [6.07, 6.45) is 1.40. The fraction of sp³-hybridized carbons (Fsp3) is 0.154. The lowest BCUT2D eigenvalue weighted by Gasteiger charge is -2.25. The van der Waals surface area contributed by atoms with E-state index in [9.17, 15) is 14.7 Å². The van der Waals surface area contributed by atoms with Gasteiger partial charge in [0.05, 0.1) is 7.11 Å². The van der Waals surface area contributed by atoms with Crippen LogP contribution in [0.25, 0.3) is 6.08 Å². The van der Waals surface area contributed by atoms with Gasteiger partial charge in [0, 0.05) is 11.5 Å². The van der Waals surface area contributed by atoms with Crippen molar-refractivity contribution in [3.63, 3.8) is 0 Å². The number of likely N-dealkylation sites (N-methyl/N-ethyl adjacent to an activating group) is 1. The normalized spacial score (nSPS) is 17.2. The van der Waals surface area contributed by atoms with Crippen LogP contribution >= 0.6 is 28.1 Å². The number of methoxy groups -OCH3 is 1. The molecule has 0 saturated carbocycles. The third-order valence-electron chi connectivity index (χ3n) is 2.90. The van der Waals surface area contributed by atoms with Gasteiger partial charge in [-0.2, -0.15) is 0 Å². The Morgan fingerprint density at radius 2 is 2.10 bits per heavy atom. The first-order valence-electron chi connectivity index (χ1n) is 5.76. The first-order valence-corrected chi connectivity index (χ1v) is 6.97. The lowest BCUT2D eigenvalue weighted by atomic mass is 10.1. The summed E-state index contributed by atoms with van der Waals surface area (Å²) in [6.45, 7) is 0. The second-order valence-electron chi connectivity index (χ2n) is 4.23. The first-order chi connectivity index (χ1) is 9.85. The van der Waals surface area contributed by atoms with Crippen LogP contribution in [-0.4, -0.2) is 41.1 Å². The molecule has 1 aromatic carbocycles. The predicted octanol–water partition coefficient (Wildman–Crippen LogP) is 1.42. The number of carbonyl (C=O) groups excluding carboxylic acids is 2. The number of phenolic OH excluding ortho intramolecular Hbond substituents is 1. The van der Waals surface area contributed by atoms with Crippen LogP contribution in [0, 0.1) is 0 Å². The number of rotatable bonds is 2. The number of hydrogen-bond donors (Lipinski definition) is 2. The van der Waals surface area contributed by atoms with E-state index in [2.05, 4.69) is 21.2 Å². The van der Waals surface area contributed by atoms with Crippen molar-refractivity contribution < 1.29 is 19.4 Å². The van der Waals surface area contributed by atoms with E-state index in [1.807, 2.05) is 0 Å². The fourth-order valence-electron chi connectivity index (χ4n) is 1.73. The highest BCUT2D eigenvalue weighted by molar-refractivity contribution is 9.10. The minimum absolute atomic E-state index is 0.0516. The van der Waals surface area contributed by atoms with E-state index in [1.165, 1.54) is 37.3 Å². The monoisotopic (exact) mass is 370 g/mol. The average Bonchev–Trinajstić information content (AvgIpc) is 2.43. The Hall–Kier alpha value is -1.93. The molecule has 0 aliphatic carbocycles. The Labute approximate surface area is 134 Å². The second-order valence-corrected chi connectivity index (χ2v) is 5.47. The van der Waals surface area contributed by atoms with Gasteiger partial charge < -0.3 is 9.84 Å². The van der Waals surface area contributed by atoms with Crippen LogP contribution in [0.4, 0.5) is 0 Å². The molecule has 21 heavy (non-hydrogen) atoms.